The highest BCUT2D eigenvalue weighted by Gasteiger charge is 2.51. The molecule has 0 radical (unpaired) electrons. The van der Waals surface area contributed by atoms with Crippen molar-refractivity contribution in [1.82, 2.24) is 14.7 Å². The minimum Gasteiger partial charge on any atom is -0.481 e. The van der Waals surface area contributed by atoms with Crippen LogP contribution in [0.2, 0.25) is 10.0 Å². The second kappa shape index (κ2) is 13.9. The van der Waals surface area contributed by atoms with Gasteiger partial charge in [-0.05, 0) is 59.7 Å². The van der Waals surface area contributed by atoms with E-state index < -0.39 is 45.9 Å². The molecule has 2 N–H and O–H groups in total. The minimum atomic E-state index is -3.49. The number of fused-ring (bicyclic) bond motifs is 1. The molecule has 6 rings (SSSR count). The summed E-state index contributed by atoms with van der Waals surface area (Å²) in [4.78, 5) is 47.2. The van der Waals surface area contributed by atoms with Crippen LogP contribution in [-0.2, 0) is 37.5 Å². The molecule has 2 amide bonds. The van der Waals surface area contributed by atoms with Gasteiger partial charge in [0.2, 0.25) is 10.0 Å². The van der Waals surface area contributed by atoms with Crippen LogP contribution in [0.5, 0.6) is 0 Å². The quantitative estimate of drug-likeness (QED) is 0.282. The maximum Gasteiger partial charge on any atom is 0.307 e. The van der Waals surface area contributed by atoms with Crippen molar-refractivity contribution in [3.8, 4) is 0 Å². The summed E-state index contributed by atoms with van der Waals surface area (Å²) in [6, 6.07) is 16.9. The number of aliphatic carboxylic acids is 1. The molecule has 3 aromatic carbocycles. The molecule has 2 fully saturated rings. The zero-order valence-corrected chi connectivity index (χ0v) is 27.8. The van der Waals surface area contributed by atoms with Crippen LogP contribution < -0.4 is 5.48 Å². The average Bonchev–Trinajstić information content (AvgIpc) is 3.40. The van der Waals surface area contributed by atoms with E-state index in [1.165, 1.54) is 0 Å². The summed E-state index contributed by atoms with van der Waals surface area (Å²) in [6.45, 7) is 0.406. The van der Waals surface area contributed by atoms with Gasteiger partial charge < -0.3 is 10.0 Å². The number of hydrogen-bond donors (Lipinski definition) is 2. The molecule has 13 heteroatoms. The topological polar surface area (TPSA) is 133 Å². The van der Waals surface area contributed by atoms with Gasteiger partial charge in [-0.25, -0.2) is 13.9 Å². The Morgan fingerprint density at radius 1 is 0.915 bits per heavy atom. The first-order valence-electron chi connectivity index (χ1n) is 15.6. The third kappa shape index (κ3) is 6.91. The molecule has 3 aliphatic rings. The van der Waals surface area contributed by atoms with Crippen molar-refractivity contribution < 1.29 is 32.7 Å². The van der Waals surface area contributed by atoms with Gasteiger partial charge in [0, 0.05) is 34.2 Å². The van der Waals surface area contributed by atoms with Gasteiger partial charge in [-0.15, -0.1) is 0 Å². The molecule has 0 spiro atoms. The van der Waals surface area contributed by atoms with Crippen molar-refractivity contribution in [1.29, 1.82) is 0 Å². The lowest BCUT2D eigenvalue weighted by molar-refractivity contribution is -0.138. The number of carbonyl (C=O) groups excluding carboxylic acids is 2. The summed E-state index contributed by atoms with van der Waals surface area (Å²) < 4.78 is 27.9. The standard InChI is InChI=1S/C34H35Cl2N3O7S/c35-23-14-15-26(27(36)19-23)32-31(33(42)37-46-20-22-12-10-21(11-13-22)18-30(40)41)24-6-1-2-7-25(24)34(43)39(32)29-9-4-3-8-28(29)38-16-5-17-47(38,44)45/h1-2,6-7,10-15,19,28-29,31-32H,3-5,8-9,16-18,20H2,(H,37,42)(H,40,41)/t28-,29-,31+,32-/m0/s1. The summed E-state index contributed by atoms with van der Waals surface area (Å²) >= 11 is 13.1. The van der Waals surface area contributed by atoms with Gasteiger partial charge in [0.05, 0.1) is 30.7 Å². The number of sulfonamides is 1. The Morgan fingerprint density at radius 2 is 1.62 bits per heavy atom. The number of hydroxylamine groups is 1. The Hall–Kier alpha value is -3.48. The molecule has 4 atom stereocenters. The van der Waals surface area contributed by atoms with Crippen LogP contribution in [0.25, 0.3) is 0 Å². The number of nitrogens with zero attached hydrogens (tertiary/aromatic N) is 2. The molecule has 2 heterocycles. The summed E-state index contributed by atoms with van der Waals surface area (Å²) in [6.07, 6.45) is 3.21. The molecule has 0 unspecified atom stereocenters. The lowest BCUT2D eigenvalue weighted by atomic mass is 9.76. The average molecular weight is 701 g/mol. The fourth-order valence-electron chi connectivity index (χ4n) is 7.24. The molecule has 3 aromatic rings. The first kappa shape index (κ1) is 33.4. The summed E-state index contributed by atoms with van der Waals surface area (Å²) in [5.41, 5.74) is 5.32. The highest BCUT2D eigenvalue weighted by atomic mass is 35.5. The second-order valence-electron chi connectivity index (χ2n) is 12.2. The maximum atomic E-state index is 14.6. The first-order valence-corrected chi connectivity index (χ1v) is 18.0. The van der Waals surface area contributed by atoms with Crippen molar-refractivity contribution in [2.24, 2.45) is 0 Å². The minimum absolute atomic E-state index is 0.0139. The first-order chi connectivity index (χ1) is 22.5. The molecule has 0 bridgehead atoms. The Bertz CT molecular complexity index is 1790. The molecule has 248 valence electrons. The number of nitrogens with one attached hydrogen (secondary N) is 1. The van der Waals surface area contributed by atoms with Crippen LogP contribution in [0.3, 0.4) is 0 Å². The molecule has 2 aliphatic heterocycles. The van der Waals surface area contributed by atoms with Crippen molar-refractivity contribution in [3.05, 3.63) is 105 Å². The number of amides is 2. The summed E-state index contributed by atoms with van der Waals surface area (Å²) in [7, 11) is -3.49. The molecule has 1 saturated heterocycles. The van der Waals surface area contributed by atoms with Gasteiger partial charge in [-0.3, -0.25) is 19.2 Å². The molecular formula is C34H35Cl2N3O7S. The van der Waals surface area contributed by atoms with Crippen molar-refractivity contribution in [2.75, 3.05) is 12.3 Å². The van der Waals surface area contributed by atoms with Crippen LogP contribution in [0.4, 0.5) is 0 Å². The summed E-state index contributed by atoms with van der Waals surface area (Å²) in [5, 5.41) is 9.71. The zero-order chi connectivity index (χ0) is 33.3. The summed E-state index contributed by atoms with van der Waals surface area (Å²) in [5.74, 6) is -2.62. The molecule has 47 heavy (non-hydrogen) atoms. The number of halogens is 2. The molecule has 1 saturated carbocycles. The van der Waals surface area contributed by atoms with Gasteiger partial charge in [0.15, 0.2) is 0 Å². The number of carbonyl (C=O) groups is 3. The second-order valence-corrected chi connectivity index (χ2v) is 15.1. The zero-order valence-electron chi connectivity index (χ0n) is 25.5. The highest BCUT2D eigenvalue weighted by Crippen LogP contribution is 2.48. The third-order valence-electron chi connectivity index (χ3n) is 9.29. The van der Waals surface area contributed by atoms with E-state index >= 15 is 0 Å². The normalized spacial score (nSPS) is 24.1. The van der Waals surface area contributed by atoms with Crippen LogP contribution in [0.15, 0.2) is 66.7 Å². The number of carboxylic acids is 1. The van der Waals surface area contributed by atoms with E-state index in [0.29, 0.717) is 53.1 Å². The van der Waals surface area contributed by atoms with E-state index in [4.69, 9.17) is 33.1 Å². The Labute approximate surface area is 283 Å². The fourth-order valence-corrected chi connectivity index (χ4v) is 9.55. The highest BCUT2D eigenvalue weighted by molar-refractivity contribution is 7.89. The van der Waals surface area contributed by atoms with Crippen LogP contribution >= 0.6 is 23.2 Å². The predicted octanol–water partition coefficient (Wildman–Crippen LogP) is 5.50. The van der Waals surface area contributed by atoms with Gasteiger partial charge in [0.25, 0.3) is 11.8 Å². The Balaban J connectivity index is 1.38. The van der Waals surface area contributed by atoms with E-state index in [-0.39, 0.29) is 29.7 Å². The number of carboxylic acid groups (broad SMARTS) is 1. The van der Waals surface area contributed by atoms with Crippen LogP contribution in [0, 0.1) is 0 Å². The number of rotatable bonds is 9. The van der Waals surface area contributed by atoms with Gasteiger partial charge >= 0.3 is 5.97 Å². The number of benzene rings is 3. The monoisotopic (exact) mass is 699 g/mol. The molecule has 1 aliphatic carbocycles. The SMILES string of the molecule is O=C(O)Cc1ccc(CONC(=O)[C@@H]2c3ccccc3C(=O)N([C@H]3CCCC[C@@H]3N3CCCS3(=O)=O)[C@H]2c2ccc(Cl)cc2Cl)cc1. The van der Waals surface area contributed by atoms with Gasteiger partial charge in [0.1, 0.15) is 0 Å². The van der Waals surface area contributed by atoms with Crippen molar-refractivity contribution in [3.63, 3.8) is 0 Å². The fraction of sp³-hybridized carbons (Fsp3) is 0.382. The molecule has 0 aromatic heterocycles. The van der Waals surface area contributed by atoms with E-state index in [0.717, 1.165) is 18.4 Å². The largest absolute Gasteiger partial charge is 0.481 e. The lowest BCUT2D eigenvalue weighted by Crippen LogP contribution is -2.59. The van der Waals surface area contributed by atoms with E-state index in [2.05, 4.69) is 5.48 Å². The van der Waals surface area contributed by atoms with Crippen LogP contribution in [-0.4, -0.2) is 64.9 Å². The lowest BCUT2D eigenvalue weighted by Gasteiger charge is -2.50. The van der Waals surface area contributed by atoms with Gasteiger partial charge in [-0.2, -0.15) is 4.31 Å². The van der Waals surface area contributed by atoms with E-state index in [1.54, 1.807) is 75.9 Å². The van der Waals surface area contributed by atoms with Crippen molar-refractivity contribution >= 4 is 51.0 Å². The van der Waals surface area contributed by atoms with Crippen molar-refractivity contribution in [2.45, 2.75) is 69.2 Å². The Kier molecular flexibility index (Phi) is 9.91. The van der Waals surface area contributed by atoms with E-state index in [9.17, 15) is 22.8 Å². The van der Waals surface area contributed by atoms with Gasteiger partial charge in [-0.1, -0.05) is 84.6 Å². The third-order valence-corrected chi connectivity index (χ3v) is 11.8. The van der Waals surface area contributed by atoms with Crippen LogP contribution in [0.1, 0.15) is 76.7 Å². The number of hydrogen-bond acceptors (Lipinski definition) is 6. The maximum absolute atomic E-state index is 14.6. The van der Waals surface area contributed by atoms with E-state index in [1.807, 2.05) is 0 Å². The Morgan fingerprint density at radius 3 is 2.30 bits per heavy atom. The molecule has 10 nitrogen and oxygen atoms in total. The predicted molar refractivity (Wildman–Crippen MR) is 176 cm³/mol. The smallest absolute Gasteiger partial charge is 0.307 e. The molecular weight excluding hydrogens is 665 g/mol.